The molecule has 0 fully saturated rings. The summed E-state index contributed by atoms with van der Waals surface area (Å²) in [6, 6.07) is 0. The number of likely N-dealkylation sites (N-methyl/N-ethyl adjacent to an activating group) is 1. The van der Waals surface area contributed by atoms with Gasteiger partial charge in [-0.1, -0.05) is 104 Å². The van der Waals surface area contributed by atoms with Gasteiger partial charge < -0.3 is 0 Å². The van der Waals surface area contributed by atoms with Crippen molar-refractivity contribution in [3.05, 3.63) is 0 Å². The Morgan fingerprint density at radius 1 is 0.600 bits per heavy atom. The van der Waals surface area contributed by atoms with Gasteiger partial charge in [0.2, 0.25) is 0 Å². The van der Waals surface area contributed by atoms with E-state index in [0.717, 1.165) is 25.8 Å². The summed E-state index contributed by atoms with van der Waals surface area (Å²) in [7, 11) is 2.05. The van der Waals surface area contributed by atoms with Gasteiger partial charge in [0, 0.05) is 6.42 Å². The Labute approximate surface area is 159 Å². The maximum atomic E-state index is 11.8. The molecule has 0 aliphatic carbocycles. The monoisotopic (exact) mass is 353 g/mol. The van der Waals surface area contributed by atoms with E-state index in [1.807, 2.05) is 7.05 Å². The Bertz CT molecular complexity index is 277. The van der Waals surface area contributed by atoms with Crippen molar-refractivity contribution in [2.24, 2.45) is 0 Å². The van der Waals surface area contributed by atoms with Crippen LogP contribution in [0.15, 0.2) is 0 Å². The molecule has 2 heteroatoms. The van der Waals surface area contributed by atoms with E-state index in [9.17, 15) is 4.79 Å². The molecule has 150 valence electrons. The lowest BCUT2D eigenvalue weighted by Gasteiger charge is -2.13. The first-order chi connectivity index (χ1) is 12.2. The van der Waals surface area contributed by atoms with Gasteiger partial charge in [0.1, 0.15) is 5.78 Å². The van der Waals surface area contributed by atoms with Gasteiger partial charge in [0.25, 0.3) is 0 Å². The van der Waals surface area contributed by atoms with Crippen molar-refractivity contribution in [1.82, 2.24) is 4.90 Å². The molecule has 0 aliphatic heterocycles. The van der Waals surface area contributed by atoms with Crippen LogP contribution in [0, 0.1) is 0 Å². The minimum Gasteiger partial charge on any atom is -0.299 e. The van der Waals surface area contributed by atoms with Gasteiger partial charge in [-0.3, -0.25) is 9.69 Å². The van der Waals surface area contributed by atoms with Crippen LogP contribution in [0.3, 0.4) is 0 Å². The molecule has 25 heavy (non-hydrogen) atoms. The zero-order chi connectivity index (χ0) is 18.6. The number of rotatable bonds is 20. The van der Waals surface area contributed by atoms with E-state index < -0.39 is 0 Å². The number of Topliss-reactive ketones (excluding diaryl/α,β-unsaturated/α-hetero) is 1. The number of hydrogen-bond donors (Lipinski definition) is 0. The molecule has 0 aromatic heterocycles. The van der Waals surface area contributed by atoms with Crippen LogP contribution < -0.4 is 0 Å². The van der Waals surface area contributed by atoms with Crippen LogP contribution in [0.25, 0.3) is 0 Å². The van der Waals surface area contributed by atoms with Gasteiger partial charge in [0.05, 0.1) is 6.54 Å². The fourth-order valence-corrected chi connectivity index (χ4v) is 3.53. The van der Waals surface area contributed by atoms with E-state index in [1.54, 1.807) is 0 Å². The highest BCUT2D eigenvalue weighted by atomic mass is 16.1. The molecule has 2 nitrogen and oxygen atoms in total. The highest BCUT2D eigenvalue weighted by Crippen LogP contribution is 2.13. The van der Waals surface area contributed by atoms with Crippen molar-refractivity contribution >= 4 is 5.78 Å². The summed E-state index contributed by atoms with van der Waals surface area (Å²) in [4.78, 5) is 14.0. The second kappa shape index (κ2) is 19.9. The predicted molar refractivity (Wildman–Crippen MR) is 112 cm³/mol. The second-order valence-corrected chi connectivity index (χ2v) is 7.98. The molecule has 0 saturated carbocycles. The molecule has 0 aliphatic rings. The molecule has 0 N–H and O–H groups in total. The zero-order valence-corrected chi connectivity index (χ0v) is 17.8. The van der Waals surface area contributed by atoms with Crippen molar-refractivity contribution in [3.63, 3.8) is 0 Å². The lowest BCUT2D eigenvalue weighted by molar-refractivity contribution is -0.120. The van der Waals surface area contributed by atoms with Gasteiger partial charge in [-0.05, 0) is 26.4 Å². The number of carbonyl (C=O) groups is 1. The summed E-state index contributed by atoms with van der Waals surface area (Å²) in [6.07, 6.45) is 22.6. The Morgan fingerprint density at radius 3 is 1.40 bits per heavy atom. The van der Waals surface area contributed by atoms with E-state index in [1.165, 1.54) is 89.9 Å². The summed E-state index contributed by atoms with van der Waals surface area (Å²) >= 11 is 0. The first kappa shape index (κ1) is 24.6. The van der Waals surface area contributed by atoms with E-state index in [4.69, 9.17) is 0 Å². The lowest BCUT2D eigenvalue weighted by atomic mass is 10.0. The van der Waals surface area contributed by atoms with Crippen molar-refractivity contribution in [2.45, 2.75) is 123 Å². The average Bonchev–Trinajstić information content (AvgIpc) is 2.58. The van der Waals surface area contributed by atoms with E-state index in [-0.39, 0.29) is 0 Å². The van der Waals surface area contributed by atoms with Crippen LogP contribution in [0.5, 0.6) is 0 Å². The highest BCUT2D eigenvalue weighted by Gasteiger charge is 2.05. The number of carbonyl (C=O) groups excluding carboxylic acids is 1. The molecule has 0 aromatic carbocycles. The van der Waals surface area contributed by atoms with Crippen LogP contribution >= 0.6 is 0 Å². The fourth-order valence-electron chi connectivity index (χ4n) is 3.53. The van der Waals surface area contributed by atoms with Crippen LogP contribution in [0.1, 0.15) is 123 Å². The molecule has 0 amide bonds. The molecule has 0 radical (unpaired) electrons. The zero-order valence-electron chi connectivity index (χ0n) is 17.8. The van der Waals surface area contributed by atoms with E-state index in [2.05, 4.69) is 18.7 Å². The van der Waals surface area contributed by atoms with Crippen molar-refractivity contribution in [1.29, 1.82) is 0 Å². The Hall–Kier alpha value is -0.370. The summed E-state index contributed by atoms with van der Waals surface area (Å²) in [6.45, 7) is 6.12. The van der Waals surface area contributed by atoms with Crippen LogP contribution in [-0.2, 0) is 4.79 Å². The third-order valence-corrected chi connectivity index (χ3v) is 5.11. The van der Waals surface area contributed by atoms with Crippen molar-refractivity contribution in [3.8, 4) is 0 Å². The quantitative estimate of drug-likeness (QED) is 0.216. The molecule has 0 heterocycles. The molecule has 0 rings (SSSR count). The van der Waals surface area contributed by atoms with Gasteiger partial charge in [-0.15, -0.1) is 0 Å². The standard InChI is InChI=1S/C23H47NO/c1-4-6-7-8-9-10-11-12-13-14-15-16-17-18-19-20-23(25)22-24(3)21-5-2/h4-22H2,1-3H3. The minimum atomic E-state index is 0.422. The molecule has 0 spiro atoms. The SMILES string of the molecule is CCCCCCCCCCCCCCCCCC(=O)CN(C)CCC. The summed E-state index contributed by atoms with van der Waals surface area (Å²) in [5.41, 5.74) is 0. The molecular weight excluding hydrogens is 306 g/mol. The van der Waals surface area contributed by atoms with Crippen LogP contribution in [0.2, 0.25) is 0 Å². The highest BCUT2D eigenvalue weighted by molar-refractivity contribution is 5.80. The predicted octanol–water partition coefficient (Wildman–Crippen LogP) is 7.16. The molecule has 0 bridgehead atoms. The third kappa shape index (κ3) is 19.8. The summed E-state index contributed by atoms with van der Waals surface area (Å²) in [5.74, 6) is 0.422. The Kier molecular flexibility index (Phi) is 19.7. The maximum absolute atomic E-state index is 11.8. The van der Waals surface area contributed by atoms with Crippen molar-refractivity contribution in [2.75, 3.05) is 20.1 Å². The van der Waals surface area contributed by atoms with Gasteiger partial charge in [-0.2, -0.15) is 0 Å². The average molecular weight is 354 g/mol. The van der Waals surface area contributed by atoms with Crippen LogP contribution in [0.4, 0.5) is 0 Å². The Balaban J connectivity index is 3.15. The number of nitrogens with zero attached hydrogens (tertiary/aromatic N) is 1. The third-order valence-electron chi connectivity index (χ3n) is 5.11. The molecular formula is C23H47NO. The van der Waals surface area contributed by atoms with Crippen LogP contribution in [-0.4, -0.2) is 30.8 Å². The number of ketones is 1. The Morgan fingerprint density at radius 2 is 1.00 bits per heavy atom. The fraction of sp³-hybridized carbons (Fsp3) is 0.957. The summed E-state index contributed by atoms with van der Waals surface area (Å²) < 4.78 is 0. The first-order valence-electron chi connectivity index (χ1n) is 11.4. The minimum absolute atomic E-state index is 0.422. The second-order valence-electron chi connectivity index (χ2n) is 7.98. The first-order valence-corrected chi connectivity index (χ1v) is 11.4. The van der Waals surface area contributed by atoms with Gasteiger partial charge in [0.15, 0.2) is 0 Å². The largest absolute Gasteiger partial charge is 0.299 e. The van der Waals surface area contributed by atoms with Crippen molar-refractivity contribution < 1.29 is 4.79 Å². The van der Waals surface area contributed by atoms with E-state index >= 15 is 0 Å². The topological polar surface area (TPSA) is 20.3 Å². The normalized spacial score (nSPS) is 11.4. The molecule has 0 aromatic rings. The number of hydrogen-bond acceptors (Lipinski definition) is 2. The van der Waals surface area contributed by atoms with E-state index in [0.29, 0.717) is 12.3 Å². The number of unbranched alkanes of at least 4 members (excludes halogenated alkanes) is 14. The molecule has 0 saturated heterocycles. The maximum Gasteiger partial charge on any atom is 0.146 e. The lowest BCUT2D eigenvalue weighted by Crippen LogP contribution is -2.26. The van der Waals surface area contributed by atoms with Gasteiger partial charge >= 0.3 is 0 Å². The van der Waals surface area contributed by atoms with Gasteiger partial charge in [-0.25, -0.2) is 0 Å². The summed E-state index contributed by atoms with van der Waals surface area (Å²) in [5, 5.41) is 0. The molecule has 0 atom stereocenters. The smallest absolute Gasteiger partial charge is 0.146 e. The molecule has 0 unspecified atom stereocenters.